The zero-order chi connectivity index (χ0) is 37.8. The molecule has 0 aliphatic rings. The minimum Gasteiger partial charge on any atom is -0.456 e. The number of rotatable bonds is 4. The Bertz CT molecular complexity index is 3420. The Morgan fingerprint density at radius 3 is 2.10 bits per heavy atom. The second-order valence-corrected chi connectivity index (χ2v) is 13.5. The Morgan fingerprint density at radius 1 is 0.510 bits per heavy atom. The lowest BCUT2D eigenvalue weighted by atomic mass is 10.1. The molecule has 0 saturated heterocycles. The van der Waals surface area contributed by atoms with Gasteiger partial charge in [-0.05, 0) is 48.5 Å². The van der Waals surface area contributed by atoms with Crippen molar-refractivity contribution in [3.63, 3.8) is 0 Å². The minimum absolute atomic E-state index is 0.0117. The lowest BCUT2D eigenvalue weighted by Gasteiger charge is -2.09. The van der Waals surface area contributed by atoms with Crippen molar-refractivity contribution in [1.82, 2.24) is 19.5 Å². The number of hydrogen-bond acceptors (Lipinski definition) is 5. The summed E-state index contributed by atoms with van der Waals surface area (Å²) in [7, 11) is 0. The molecule has 0 saturated carbocycles. The largest absolute Gasteiger partial charge is 0.456 e. The van der Waals surface area contributed by atoms with Gasteiger partial charge in [0.1, 0.15) is 11.2 Å². The Labute approximate surface area is 302 Å². The van der Waals surface area contributed by atoms with E-state index in [-0.39, 0.29) is 23.5 Å². The molecule has 0 radical (unpaired) electrons. The third kappa shape index (κ3) is 4.37. The van der Waals surface area contributed by atoms with Crippen LogP contribution in [-0.2, 0) is 0 Å². The van der Waals surface area contributed by atoms with Crippen LogP contribution in [0, 0.1) is 0 Å². The van der Waals surface area contributed by atoms with Crippen LogP contribution in [0.1, 0.15) is 6.85 Å². The highest BCUT2D eigenvalue weighted by atomic mass is 32.1. The van der Waals surface area contributed by atoms with E-state index in [1.165, 1.54) is 5.39 Å². The van der Waals surface area contributed by atoms with Gasteiger partial charge in [0.05, 0.1) is 23.3 Å². The van der Waals surface area contributed by atoms with Gasteiger partial charge in [-0.15, -0.1) is 11.3 Å². The first-order valence-electron chi connectivity index (χ1n) is 19.0. The number of para-hydroxylation sites is 2. The van der Waals surface area contributed by atoms with Crippen molar-refractivity contribution >= 4 is 75.3 Å². The summed E-state index contributed by atoms with van der Waals surface area (Å²) < 4.78 is 52.8. The summed E-state index contributed by atoms with van der Waals surface area (Å²) in [6.45, 7) is 0. The van der Waals surface area contributed by atoms with E-state index in [0.717, 1.165) is 64.2 Å². The highest BCUT2D eigenvalue weighted by Gasteiger charge is 2.20. The molecular weight excluding hydrogens is 645 g/mol. The van der Waals surface area contributed by atoms with Gasteiger partial charge in [0.2, 0.25) is 0 Å². The summed E-state index contributed by atoms with van der Waals surface area (Å²) in [5, 5.41) is 6.70. The number of fused-ring (bicyclic) bond motifs is 10. The first-order valence-corrected chi connectivity index (χ1v) is 17.3. The Hall–Kier alpha value is -6.63. The molecule has 0 N–H and O–H groups in total. The Morgan fingerprint density at radius 2 is 1.24 bits per heavy atom. The monoisotopic (exact) mass is 675 g/mol. The standard InChI is InChI=1S/C45H26N4OS/c1-3-11-27(12-4-1)43-46-44(28-13-5-2-6-14-28)48-45(47-43)29-19-21-32-35-26-30(20-24-39(35)51-40(32)25-29)49-36-17-9-7-15-31(36)33-22-23-38-41(42(33)49)34-16-8-10-18-37(34)50-38/h1-26H/i1D,3D,4D,11D,12D. The summed E-state index contributed by atoms with van der Waals surface area (Å²) in [5.41, 5.74) is 6.32. The van der Waals surface area contributed by atoms with Gasteiger partial charge in [0.25, 0.3) is 0 Å². The van der Waals surface area contributed by atoms with Crippen LogP contribution in [0.15, 0.2) is 162 Å². The van der Waals surface area contributed by atoms with Crippen molar-refractivity contribution in [3.8, 4) is 39.9 Å². The van der Waals surface area contributed by atoms with E-state index >= 15 is 0 Å². The molecule has 0 aliphatic heterocycles. The van der Waals surface area contributed by atoms with Crippen LogP contribution < -0.4 is 0 Å². The summed E-state index contributed by atoms with van der Waals surface area (Å²) in [5.74, 6) is 0.684. The van der Waals surface area contributed by atoms with Crippen LogP contribution in [0.3, 0.4) is 0 Å². The molecule has 0 unspecified atom stereocenters. The fourth-order valence-corrected chi connectivity index (χ4v) is 8.40. The van der Waals surface area contributed by atoms with Gasteiger partial charge in [0.15, 0.2) is 17.5 Å². The molecule has 11 rings (SSSR count). The van der Waals surface area contributed by atoms with Gasteiger partial charge in [-0.1, -0.05) is 109 Å². The molecule has 0 atom stereocenters. The molecular formula is C45H26N4OS. The maximum Gasteiger partial charge on any atom is 0.164 e. The highest BCUT2D eigenvalue weighted by Crippen LogP contribution is 2.43. The van der Waals surface area contributed by atoms with Crippen molar-refractivity contribution < 1.29 is 11.3 Å². The van der Waals surface area contributed by atoms with Gasteiger partial charge in [0, 0.05) is 58.7 Å². The molecule has 6 heteroatoms. The molecule has 11 aromatic rings. The zero-order valence-corrected chi connectivity index (χ0v) is 27.5. The Kier molecular flexibility index (Phi) is 5.08. The van der Waals surface area contributed by atoms with Gasteiger partial charge in [-0.3, -0.25) is 0 Å². The minimum atomic E-state index is -0.471. The smallest absolute Gasteiger partial charge is 0.164 e. The third-order valence-electron chi connectivity index (χ3n) is 9.54. The molecule has 5 nitrogen and oxygen atoms in total. The topological polar surface area (TPSA) is 56.7 Å². The number of furan rings is 1. The summed E-state index contributed by atoms with van der Waals surface area (Å²) in [6.07, 6.45) is 0. The van der Waals surface area contributed by atoms with Crippen LogP contribution in [0.4, 0.5) is 0 Å². The molecule has 0 spiro atoms. The van der Waals surface area contributed by atoms with E-state index in [0.29, 0.717) is 22.8 Å². The number of aromatic nitrogens is 4. The molecule has 0 fully saturated rings. The van der Waals surface area contributed by atoms with Crippen LogP contribution in [-0.4, -0.2) is 19.5 Å². The molecule has 4 heterocycles. The maximum atomic E-state index is 8.64. The van der Waals surface area contributed by atoms with E-state index in [1.54, 1.807) is 11.3 Å². The van der Waals surface area contributed by atoms with Crippen molar-refractivity contribution in [1.29, 1.82) is 0 Å². The third-order valence-corrected chi connectivity index (χ3v) is 10.7. The van der Waals surface area contributed by atoms with Crippen LogP contribution in [0.2, 0.25) is 0 Å². The van der Waals surface area contributed by atoms with Crippen molar-refractivity contribution in [2.75, 3.05) is 0 Å². The van der Waals surface area contributed by atoms with Crippen LogP contribution in [0.5, 0.6) is 0 Å². The predicted molar refractivity (Wildman–Crippen MR) is 211 cm³/mol. The van der Waals surface area contributed by atoms with E-state index in [2.05, 4.69) is 88.4 Å². The number of thiophene rings is 1. The van der Waals surface area contributed by atoms with Crippen LogP contribution in [0.25, 0.3) is 104 Å². The number of nitrogens with zero attached hydrogens (tertiary/aromatic N) is 4. The van der Waals surface area contributed by atoms with Gasteiger partial charge in [-0.25, -0.2) is 15.0 Å². The summed E-state index contributed by atoms with van der Waals surface area (Å²) in [4.78, 5) is 14.2. The van der Waals surface area contributed by atoms with E-state index in [1.807, 2.05) is 48.5 Å². The zero-order valence-electron chi connectivity index (χ0n) is 31.7. The average Bonchev–Trinajstić information content (AvgIpc) is 3.91. The first kappa shape index (κ1) is 23.7. The normalized spacial score (nSPS) is 13.3. The van der Waals surface area contributed by atoms with Gasteiger partial charge in [-0.2, -0.15) is 0 Å². The lowest BCUT2D eigenvalue weighted by molar-refractivity contribution is 0.669. The molecule has 0 amide bonds. The SMILES string of the molecule is [2H]c1c([2H])c([2H])c(-c2nc(-c3ccccc3)nc(-c3ccc4c(c3)sc3ccc(-n5c6ccccc6c6ccc7oc8ccccc8c7c65)cc34)n2)c([2H])c1[2H]. The average molecular weight is 676 g/mol. The number of benzene rings is 7. The fourth-order valence-electron chi connectivity index (χ4n) is 7.27. The first-order chi connectivity index (χ1) is 27.3. The quantitative estimate of drug-likeness (QED) is 0.186. The molecule has 51 heavy (non-hydrogen) atoms. The van der Waals surface area contributed by atoms with Gasteiger partial charge >= 0.3 is 0 Å². The van der Waals surface area contributed by atoms with Gasteiger partial charge < -0.3 is 8.98 Å². The van der Waals surface area contributed by atoms with Crippen molar-refractivity contribution in [2.24, 2.45) is 0 Å². The molecule has 7 aromatic carbocycles. The van der Waals surface area contributed by atoms with E-state index in [9.17, 15) is 0 Å². The van der Waals surface area contributed by atoms with E-state index < -0.39 is 18.1 Å². The maximum absolute atomic E-state index is 8.64. The second kappa shape index (κ2) is 10.9. The molecule has 4 aromatic heterocycles. The highest BCUT2D eigenvalue weighted by molar-refractivity contribution is 7.25. The van der Waals surface area contributed by atoms with Crippen molar-refractivity contribution in [3.05, 3.63) is 158 Å². The van der Waals surface area contributed by atoms with E-state index in [4.69, 9.17) is 21.2 Å². The Balaban J connectivity index is 1.10. The molecule has 238 valence electrons. The summed E-state index contributed by atoms with van der Waals surface area (Å²) >= 11 is 1.68. The van der Waals surface area contributed by atoms with Crippen LogP contribution >= 0.6 is 11.3 Å². The number of hydrogen-bond donors (Lipinski definition) is 0. The molecule has 0 bridgehead atoms. The predicted octanol–water partition coefficient (Wildman–Crippen LogP) is 12.2. The summed E-state index contributed by atoms with van der Waals surface area (Å²) in [6, 6.07) is 40.9. The lowest BCUT2D eigenvalue weighted by Crippen LogP contribution is -1.99. The van der Waals surface area contributed by atoms with Crippen molar-refractivity contribution in [2.45, 2.75) is 0 Å². The fraction of sp³-hybridized carbons (Fsp3) is 0. The second-order valence-electron chi connectivity index (χ2n) is 12.5. The molecule has 0 aliphatic carbocycles.